The Bertz CT molecular complexity index is 873. The first-order valence-electron chi connectivity index (χ1n) is 11.2. The molecule has 0 aromatic heterocycles. The van der Waals surface area contributed by atoms with Crippen LogP contribution in [0.3, 0.4) is 0 Å². The maximum atomic E-state index is 12.4. The topological polar surface area (TPSA) is 194 Å². The summed E-state index contributed by atoms with van der Waals surface area (Å²) >= 11 is 0. The lowest BCUT2D eigenvalue weighted by Gasteiger charge is -2.33. The molecule has 0 fully saturated rings. The van der Waals surface area contributed by atoms with Crippen LogP contribution in [-0.2, 0) is 43.6 Å². The van der Waals surface area contributed by atoms with Crippen molar-refractivity contribution in [1.29, 1.82) is 0 Å². The van der Waals surface area contributed by atoms with Crippen molar-refractivity contribution in [3.63, 3.8) is 0 Å². The minimum Gasteiger partial charge on any atom is -0.726 e. The maximum Gasteiger partial charge on any atom is 0.411 e. The molecule has 0 spiro atoms. The summed E-state index contributed by atoms with van der Waals surface area (Å²) in [5.74, 6) is -0.745. The molecule has 0 heterocycles. The second kappa shape index (κ2) is 17.5. The van der Waals surface area contributed by atoms with Gasteiger partial charge in [0, 0.05) is 16.2 Å². The van der Waals surface area contributed by atoms with Crippen LogP contribution in [0.4, 0.5) is 26.3 Å². The molecule has 2 atom stereocenters. The number of rotatable bonds is 20. The van der Waals surface area contributed by atoms with Gasteiger partial charge < -0.3 is 29.7 Å². The molecule has 0 aliphatic heterocycles. The van der Waals surface area contributed by atoms with Gasteiger partial charge in [0.2, 0.25) is 10.4 Å². The number of halogens is 6. The van der Waals surface area contributed by atoms with Gasteiger partial charge in [-0.05, 0) is 6.42 Å². The molecule has 0 aromatic rings. The molecule has 0 rings (SSSR count). The molecule has 0 aliphatic carbocycles. The van der Waals surface area contributed by atoms with Crippen molar-refractivity contribution < 1.29 is 75.4 Å². The third-order valence-electron chi connectivity index (χ3n) is 4.83. The van der Waals surface area contributed by atoms with Crippen LogP contribution in [-0.4, -0.2) is 104 Å². The Hall–Kier alpha value is -0.840. The van der Waals surface area contributed by atoms with Crippen LogP contribution in [0.25, 0.3) is 0 Å². The average Bonchev–Trinajstić information content (AvgIpc) is 2.68. The van der Waals surface area contributed by atoms with E-state index in [0.29, 0.717) is 0 Å². The summed E-state index contributed by atoms with van der Waals surface area (Å²) in [5.41, 5.74) is -3.51. The van der Waals surface area contributed by atoms with Gasteiger partial charge in [-0.1, -0.05) is 35.1 Å². The Balaban J connectivity index is -0.00000722. The zero-order valence-electron chi connectivity index (χ0n) is 22.9. The second-order valence-corrected chi connectivity index (χ2v) is 13.3. The lowest BCUT2D eigenvalue weighted by molar-refractivity contribution is -0.185. The van der Waals surface area contributed by atoms with Crippen molar-refractivity contribution in [3.8, 4) is 0 Å². The highest BCUT2D eigenvalue weighted by molar-refractivity contribution is 7.85. The van der Waals surface area contributed by atoms with Gasteiger partial charge in [-0.15, -0.1) is 0 Å². The van der Waals surface area contributed by atoms with E-state index in [-0.39, 0.29) is 46.4 Å². The second-order valence-electron chi connectivity index (χ2n) is 10.7. The van der Waals surface area contributed by atoms with E-state index in [2.05, 4.69) is 13.7 Å². The molecular formula is C21H43F6NO11S2. The SMILES string of the molecule is C.CC(C)(COCC(C)(CCS(=O)(=O)O)COCC(F)(F)F)COCC(C)(COCC(F)(F)F)COS(=O)(=O)[O-].[NH4+]. The molecule has 20 heteroatoms. The van der Waals surface area contributed by atoms with Gasteiger partial charge in [0.05, 0.1) is 52.0 Å². The van der Waals surface area contributed by atoms with E-state index in [9.17, 15) is 47.7 Å². The first-order chi connectivity index (χ1) is 17.2. The Morgan fingerprint density at radius 3 is 1.29 bits per heavy atom. The Morgan fingerprint density at radius 1 is 0.634 bits per heavy atom. The molecule has 12 nitrogen and oxygen atoms in total. The fraction of sp³-hybridized carbons (Fsp3) is 1.00. The molecular weight excluding hydrogens is 620 g/mol. The summed E-state index contributed by atoms with van der Waals surface area (Å²) in [6, 6.07) is 0. The number of hydrogen-bond acceptors (Lipinski definition) is 10. The number of ether oxygens (including phenoxy) is 4. The molecule has 0 saturated carbocycles. The van der Waals surface area contributed by atoms with Crippen molar-refractivity contribution >= 4 is 20.5 Å². The highest BCUT2D eigenvalue weighted by Crippen LogP contribution is 2.28. The van der Waals surface area contributed by atoms with E-state index in [1.165, 1.54) is 13.8 Å². The third kappa shape index (κ3) is 26.5. The van der Waals surface area contributed by atoms with Crippen LogP contribution >= 0.6 is 0 Å². The maximum absolute atomic E-state index is 12.4. The van der Waals surface area contributed by atoms with Crippen LogP contribution in [0.5, 0.6) is 0 Å². The normalized spacial score (nSPS) is 16.3. The minimum absolute atomic E-state index is 0. The van der Waals surface area contributed by atoms with Gasteiger partial charge in [-0.25, -0.2) is 8.42 Å². The summed E-state index contributed by atoms with van der Waals surface area (Å²) in [7, 11) is -9.56. The van der Waals surface area contributed by atoms with Crippen molar-refractivity contribution in [1.82, 2.24) is 6.15 Å². The molecule has 5 N–H and O–H groups in total. The summed E-state index contributed by atoms with van der Waals surface area (Å²) in [5, 5.41) is 0. The van der Waals surface area contributed by atoms with Gasteiger partial charge in [-0.2, -0.15) is 34.8 Å². The molecule has 252 valence electrons. The predicted molar refractivity (Wildman–Crippen MR) is 135 cm³/mol. The Labute approximate surface area is 237 Å². The minimum atomic E-state index is -5.15. The smallest absolute Gasteiger partial charge is 0.411 e. The van der Waals surface area contributed by atoms with Gasteiger partial charge in [-0.3, -0.25) is 8.74 Å². The summed E-state index contributed by atoms with van der Waals surface area (Å²) in [4.78, 5) is 0. The number of quaternary nitrogens is 1. The Morgan fingerprint density at radius 2 is 0.976 bits per heavy atom. The molecule has 2 unspecified atom stereocenters. The average molecular weight is 664 g/mol. The molecule has 41 heavy (non-hydrogen) atoms. The number of hydrogen-bond donors (Lipinski definition) is 2. The van der Waals surface area contributed by atoms with Crippen LogP contribution in [0.1, 0.15) is 41.5 Å². The Kier molecular flexibility index (Phi) is 19.0. The largest absolute Gasteiger partial charge is 0.726 e. The van der Waals surface area contributed by atoms with Gasteiger partial charge in [0.15, 0.2) is 0 Å². The van der Waals surface area contributed by atoms with Gasteiger partial charge >= 0.3 is 12.4 Å². The summed E-state index contributed by atoms with van der Waals surface area (Å²) in [6.45, 7) is -0.0994. The fourth-order valence-electron chi connectivity index (χ4n) is 2.92. The first-order valence-corrected chi connectivity index (χ1v) is 14.2. The van der Waals surface area contributed by atoms with Crippen molar-refractivity contribution in [2.24, 2.45) is 16.2 Å². The molecule has 0 bridgehead atoms. The first kappa shape index (κ1) is 44.6. The number of alkyl halides is 6. The molecule has 0 radical (unpaired) electrons. The lowest BCUT2D eigenvalue weighted by Crippen LogP contribution is -2.38. The van der Waals surface area contributed by atoms with E-state index in [0.717, 1.165) is 0 Å². The molecule has 0 saturated heterocycles. The van der Waals surface area contributed by atoms with Gasteiger partial charge in [0.25, 0.3) is 10.1 Å². The van der Waals surface area contributed by atoms with Crippen molar-refractivity contribution in [2.45, 2.75) is 53.9 Å². The van der Waals surface area contributed by atoms with Crippen LogP contribution < -0.4 is 6.15 Å². The molecule has 0 aromatic carbocycles. The predicted octanol–water partition coefficient (Wildman–Crippen LogP) is 3.98. The summed E-state index contributed by atoms with van der Waals surface area (Å²) in [6.07, 6.45) is -9.54. The highest BCUT2D eigenvalue weighted by Gasteiger charge is 2.34. The van der Waals surface area contributed by atoms with E-state index in [4.69, 9.17) is 14.0 Å². The zero-order valence-corrected chi connectivity index (χ0v) is 24.5. The van der Waals surface area contributed by atoms with E-state index < -0.39 is 87.9 Å². The van der Waals surface area contributed by atoms with E-state index in [1.807, 2.05) is 0 Å². The van der Waals surface area contributed by atoms with Gasteiger partial charge in [0.1, 0.15) is 13.2 Å². The molecule has 0 amide bonds. The lowest BCUT2D eigenvalue weighted by atomic mass is 9.89. The van der Waals surface area contributed by atoms with Crippen LogP contribution in [0.2, 0.25) is 0 Å². The zero-order chi connectivity index (χ0) is 30.8. The monoisotopic (exact) mass is 663 g/mol. The third-order valence-corrected chi connectivity index (χ3v) is 5.96. The fourth-order valence-corrected chi connectivity index (χ4v) is 4.10. The van der Waals surface area contributed by atoms with Crippen molar-refractivity contribution in [2.75, 3.05) is 65.2 Å². The highest BCUT2D eigenvalue weighted by atomic mass is 32.3. The quantitative estimate of drug-likeness (QED) is 0.109. The van der Waals surface area contributed by atoms with Crippen molar-refractivity contribution in [3.05, 3.63) is 0 Å². The summed E-state index contributed by atoms with van der Waals surface area (Å²) < 4.78 is 163. The molecule has 0 aliphatic rings. The van der Waals surface area contributed by atoms with Crippen LogP contribution in [0, 0.1) is 16.2 Å². The standard InChI is InChI=1S/C20H36F6O11S2.CH4.H3N/c1-16(2,7-33-9-17(3,5-6-38(27,28)29)10-35-14-19(21,22)23)8-34-11-18(4,13-37-39(30,31)32)12-36-15-20(24,25)26;;/h5-15H2,1-4H3,(H,27,28,29)(H,30,31,32);1H4;1H3. The van der Waals surface area contributed by atoms with Crippen LogP contribution in [0.15, 0.2) is 0 Å². The van der Waals surface area contributed by atoms with E-state index in [1.54, 1.807) is 13.8 Å². The van der Waals surface area contributed by atoms with E-state index >= 15 is 0 Å².